The van der Waals surface area contributed by atoms with Crippen LogP contribution < -0.4 is 5.32 Å². The van der Waals surface area contributed by atoms with Gasteiger partial charge in [0.05, 0.1) is 5.56 Å². The first kappa shape index (κ1) is 10.6. The van der Waals surface area contributed by atoms with E-state index in [0.29, 0.717) is 23.7 Å². The SMILES string of the molecule is N#Cc1ccc(NC(=O)CC2CCC2)nc1. The standard InChI is InChI=1S/C12H13N3O/c13-7-10-4-5-11(14-8-10)15-12(16)6-9-2-1-3-9/h4-5,8-9H,1-3,6H2,(H,14,15,16). The first-order valence-electron chi connectivity index (χ1n) is 5.44. The molecule has 1 amide bonds. The Balaban J connectivity index is 1.87. The number of hydrogen-bond donors (Lipinski definition) is 1. The molecule has 0 radical (unpaired) electrons. The molecule has 0 aliphatic heterocycles. The van der Waals surface area contributed by atoms with Crippen molar-refractivity contribution < 1.29 is 4.79 Å². The lowest BCUT2D eigenvalue weighted by Gasteiger charge is -2.24. The maximum Gasteiger partial charge on any atom is 0.225 e. The first-order valence-corrected chi connectivity index (χ1v) is 5.44. The van der Waals surface area contributed by atoms with E-state index in [4.69, 9.17) is 5.26 Å². The molecule has 1 N–H and O–H groups in total. The number of amides is 1. The van der Waals surface area contributed by atoms with Gasteiger partial charge in [0.2, 0.25) is 5.91 Å². The van der Waals surface area contributed by atoms with Gasteiger partial charge in [-0.3, -0.25) is 4.79 Å². The summed E-state index contributed by atoms with van der Waals surface area (Å²) in [6.07, 6.45) is 5.61. The predicted octanol–water partition coefficient (Wildman–Crippen LogP) is 2.08. The van der Waals surface area contributed by atoms with Crippen molar-refractivity contribution in [2.75, 3.05) is 5.32 Å². The Morgan fingerprint density at radius 1 is 1.56 bits per heavy atom. The number of pyridine rings is 1. The highest BCUT2D eigenvalue weighted by Gasteiger charge is 2.20. The van der Waals surface area contributed by atoms with E-state index in [1.807, 2.05) is 6.07 Å². The third kappa shape index (κ3) is 2.57. The molecule has 1 saturated carbocycles. The second-order valence-corrected chi connectivity index (χ2v) is 4.09. The van der Waals surface area contributed by atoms with E-state index in [9.17, 15) is 4.79 Å². The fourth-order valence-electron chi connectivity index (χ4n) is 1.69. The quantitative estimate of drug-likeness (QED) is 0.839. The Labute approximate surface area is 94.3 Å². The molecule has 1 heterocycles. The van der Waals surface area contributed by atoms with Crippen LogP contribution in [0.25, 0.3) is 0 Å². The lowest BCUT2D eigenvalue weighted by Crippen LogP contribution is -2.21. The summed E-state index contributed by atoms with van der Waals surface area (Å²) in [7, 11) is 0. The van der Waals surface area contributed by atoms with Crippen molar-refractivity contribution in [2.45, 2.75) is 25.7 Å². The van der Waals surface area contributed by atoms with Gasteiger partial charge in [0.15, 0.2) is 0 Å². The highest BCUT2D eigenvalue weighted by Crippen LogP contribution is 2.29. The molecule has 0 aromatic carbocycles. The molecule has 1 aromatic rings. The molecular formula is C12H13N3O. The van der Waals surface area contributed by atoms with Crippen molar-refractivity contribution in [3.63, 3.8) is 0 Å². The van der Waals surface area contributed by atoms with Crippen LogP contribution in [0.15, 0.2) is 18.3 Å². The van der Waals surface area contributed by atoms with Gasteiger partial charge in [0, 0.05) is 12.6 Å². The van der Waals surface area contributed by atoms with Gasteiger partial charge < -0.3 is 5.32 Å². The Hall–Kier alpha value is -1.89. The average Bonchev–Trinajstić information content (AvgIpc) is 2.25. The normalized spacial score (nSPS) is 14.9. The van der Waals surface area contributed by atoms with Crippen LogP contribution in [-0.4, -0.2) is 10.9 Å². The molecule has 4 heteroatoms. The molecule has 0 unspecified atom stereocenters. The molecule has 2 rings (SSSR count). The Morgan fingerprint density at radius 2 is 2.38 bits per heavy atom. The molecule has 82 valence electrons. The van der Waals surface area contributed by atoms with Crippen LogP contribution in [0.2, 0.25) is 0 Å². The molecule has 1 fully saturated rings. The van der Waals surface area contributed by atoms with Crippen LogP contribution in [0.5, 0.6) is 0 Å². The number of rotatable bonds is 3. The van der Waals surface area contributed by atoms with Crippen LogP contribution in [0.1, 0.15) is 31.2 Å². The summed E-state index contributed by atoms with van der Waals surface area (Å²) in [5, 5.41) is 11.3. The smallest absolute Gasteiger partial charge is 0.225 e. The van der Waals surface area contributed by atoms with Gasteiger partial charge in [-0.1, -0.05) is 6.42 Å². The molecule has 1 aliphatic rings. The summed E-state index contributed by atoms with van der Waals surface area (Å²) in [5.41, 5.74) is 0.497. The largest absolute Gasteiger partial charge is 0.311 e. The topological polar surface area (TPSA) is 65.8 Å². The summed E-state index contributed by atoms with van der Waals surface area (Å²) in [6.45, 7) is 0. The van der Waals surface area contributed by atoms with Crippen molar-refractivity contribution >= 4 is 11.7 Å². The minimum atomic E-state index is 0.0157. The van der Waals surface area contributed by atoms with Crippen LogP contribution >= 0.6 is 0 Å². The van der Waals surface area contributed by atoms with Gasteiger partial charge in [0.25, 0.3) is 0 Å². The Kier molecular flexibility index (Phi) is 3.16. The van der Waals surface area contributed by atoms with Gasteiger partial charge >= 0.3 is 0 Å². The van der Waals surface area contributed by atoms with E-state index in [-0.39, 0.29) is 5.91 Å². The van der Waals surface area contributed by atoms with Gasteiger partial charge in [-0.05, 0) is 30.9 Å². The third-order valence-corrected chi connectivity index (χ3v) is 2.86. The van der Waals surface area contributed by atoms with Crippen LogP contribution in [0.3, 0.4) is 0 Å². The molecule has 1 aromatic heterocycles. The molecule has 1 aliphatic carbocycles. The van der Waals surface area contributed by atoms with E-state index in [1.165, 1.54) is 12.6 Å². The minimum Gasteiger partial charge on any atom is -0.311 e. The van der Waals surface area contributed by atoms with E-state index >= 15 is 0 Å². The zero-order chi connectivity index (χ0) is 11.4. The Morgan fingerprint density at radius 3 is 2.88 bits per heavy atom. The zero-order valence-corrected chi connectivity index (χ0v) is 8.94. The average molecular weight is 215 g/mol. The van der Waals surface area contributed by atoms with E-state index in [0.717, 1.165) is 12.8 Å². The van der Waals surface area contributed by atoms with Crippen LogP contribution in [0, 0.1) is 17.2 Å². The molecular weight excluding hydrogens is 202 g/mol. The summed E-state index contributed by atoms with van der Waals surface area (Å²) in [4.78, 5) is 15.5. The summed E-state index contributed by atoms with van der Waals surface area (Å²) in [5.74, 6) is 1.09. The van der Waals surface area contributed by atoms with Crippen molar-refractivity contribution in [1.82, 2.24) is 4.98 Å². The molecule has 0 spiro atoms. The van der Waals surface area contributed by atoms with E-state index < -0.39 is 0 Å². The summed E-state index contributed by atoms with van der Waals surface area (Å²) >= 11 is 0. The second kappa shape index (κ2) is 4.75. The summed E-state index contributed by atoms with van der Waals surface area (Å²) in [6, 6.07) is 5.28. The molecule has 16 heavy (non-hydrogen) atoms. The lowest BCUT2D eigenvalue weighted by atomic mass is 9.83. The highest BCUT2D eigenvalue weighted by molar-refractivity contribution is 5.89. The third-order valence-electron chi connectivity index (χ3n) is 2.86. The van der Waals surface area contributed by atoms with Gasteiger partial charge in [0.1, 0.15) is 11.9 Å². The molecule has 4 nitrogen and oxygen atoms in total. The first-order chi connectivity index (χ1) is 7.78. The molecule has 0 saturated heterocycles. The van der Waals surface area contributed by atoms with Gasteiger partial charge in [-0.25, -0.2) is 4.98 Å². The molecule has 0 bridgehead atoms. The van der Waals surface area contributed by atoms with E-state index in [2.05, 4.69) is 10.3 Å². The fraction of sp³-hybridized carbons (Fsp3) is 0.417. The molecule has 0 atom stereocenters. The number of carbonyl (C=O) groups is 1. The minimum absolute atomic E-state index is 0.0157. The number of nitrogens with zero attached hydrogens (tertiary/aromatic N) is 2. The van der Waals surface area contributed by atoms with Gasteiger partial charge in [-0.2, -0.15) is 5.26 Å². The number of nitrogens with one attached hydrogen (secondary N) is 1. The highest BCUT2D eigenvalue weighted by atomic mass is 16.1. The number of nitriles is 1. The van der Waals surface area contributed by atoms with E-state index in [1.54, 1.807) is 12.1 Å². The zero-order valence-electron chi connectivity index (χ0n) is 8.94. The maximum absolute atomic E-state index is 11.6. The predicted molar refractivity (Wildman–Crippen MR) is 59.5 cm³/mol. The number of aromatic nitrogens is 1. The second-order valence-electron chi connectivity index (χ2n) is 4.09. The van der Waals surface area contributed by atoms with Crippen LogP contribution in [0.4, 0.5) is 5.82 Å². The lowest BCUT2D eigenvalue weighted by molar-refractivity contribution is -0.117. The van der Waals surface area contributed by atoms with Crippen molar-refractivity contribution in [2.24, 2.45) is 5.92 Å². The Bertz CT molecular complexity index is 415. The maximum atomic E-state index is 11.6. The monoisotopic (exact) mass is 215 g/mol. The van der Waals surface area contributed by atoms with Crippen molar-refractivity contribution in [3.05, 3.63) is 23.9 Å². The summed E-state index contributed by atoms with van der Waals surface area (Å²) < 4.78 is 0. The fourth-order valence-corrected chi connectivity index (χ4v) is 1.69. The number of carbonyl (C=O) groups excluding carboxylic acids is 1. The van der Waals surface area contributed by atoms with Gasteiger partial charge in [-0.15, -0.1) is 0 Å². The number of anilines is 1. The van der Waals surface area contributed by atoms with Crippen molar-refractivity contribution in [3.8, 4) is 6.07 Å². The van der Waals surface area contributed by atoms with Crippen LogP contribution in [-0.2, 0) is 4.79 Å². The van der Waals surface area contributed by atoms with Crippen molar-refractivity contribution in [1.29, 1.82) is 5.26 Å². The number of hydrogen-bond acceptors (Lipinski definition) is 3.